The van der Waals surface area contributed by atoms with Gasteiger partial charge in [0, 0.05) is 23.1 Å². The number of hydrogen-bond donors (Lipinski definition) is 1. The van der Waals surface area contributed by atoms with E-state index >= 15 is 0 Å². The van der Waals surface area contributed by atoms with Crippen molar-refractivity contribution in [3.05, 3.63) is 42.7 Å². The van der Waals surface area contributed by atoms with E-state index in [0.29, 0.717) is 18.7 Å². The molecule has 0 aliphatic rings. The van der Waals surface area contributed by atoms with E-state index in [0.717, 1.165) is 4.90 Å². The molecule has 0 bridgehead atoms. The van der Waals surface area contributed by atoms with Gasteiger partial charge in [0.05, 0.1) is 6.54 Å². The lowest BCUT2D eigenvalue weighted by Crippen LogP contribution is -2.35. The van der Waals surface area contributed by atoms with Crippen molar-refractivity contribution in [2.75, 3.05) is 5.75 Å². The molecule has 1 aromatic heterocycles. The third kappa shape index (κ3) is 5.55. The molecule has 112 valence electrons. The van der Waals surface area contributed by atoms with Crippen LogP contribution in [0.3, 0.4) is 0 Å². The summed E-state index contributed by atoms with van der Waals surface area (Å²) in [6.45, 7) is 2.52. The summed E-state index contributed by atoms with van der Waals surface area (Å²) in [6, 6.07) is 6.26. The third-order valence-electron chi connectivity index (χ3n) is 2.75. The van der Waals surface area contributed by atoms with Crippen LogP contribution in [0.4, 0.5) is 4.39 Å². The maximum absolute atomic E-state index is 12.8. The maximum atomic E-state index is 12.8. The minimum Gasteiger partial charge on any atom is -0.352 e. The minimum absolute atomic E-state index is 0.00257. The molecule has 0 aliphatic heterocycles. The van der Waals surface area contributed by atoms with Crippen LogP contribution in [0.2, 0.25) is 0 Å². The van der Waals surface area contributed by atoms with Crippen LogP contribution in [0.15, 0.2) is 41.8 Å². The summed E-state index contributed by atoms with van der Waals surface area (Å²) < 4.78 is 14.4. The fraction of sp³-hybridized carbons (Fsp3) is 0.357. The van der Waals surface area contributed by atoms with Crippen LogP contribution in [0.5, 0.6) is 0 Å². The molecular weight excluding hydrogens is 291 g/mol. The van der Waals surface area contributed by atoms with Crippen molar-refractivity contribution >= 4 is 17.7 Å². The predicted molar refractivity (Wildman–Crippen MR) is 79.4 cm³/mol. The largest absolute Gasteiger partial charge is 0.352 e. The molecule has 0 aliphatic carbocycles. The minimum atomic E-state index is -0.251. The Bertz CT molecular complexity index is 559. The lowest BCUT2D eigenvalue weighted by molar-refractivity contribution is -0.121. The summed E-state index contributed by atoms with van der Waals surface area (Å²) in [6.07, 6.45) is 3.50. The molecule has 2 aromatic rings. The number of halogens is 1. The zero-order valence-electron chi connectivity index (χ0n) is 11.7. The molecule has 0 radical (unpaired) electrons. The molecule has 0 saturated heterocycles. The molecule has 1 amide bonds. The van der Waals surface area contributed by atoms with Gasteiger partial charge < -0.3 is 5.32 Å². The molecule has 1 unspecified atom stereocenters. The summed E-state index contributed by atoms with van der Waals surface area (Å²) in [5, 5.41) is 6.90. The van der Waals surface area contributed by atoms with Gasteiger partial charge in [-0.1, -0.05) is 0 Å². The average molecular weight is 308 g/mol. The first kappa shape index (κ1) is 15.5. The van der Waals surface area contributed by atoms with E-state index in [-0.39, 0.29) is 17.8 Å². The zero-order chi connectivity index (χ0) is 15.1. The number of aromatic nitrogens is 3. The zero-order valence-corrected chi connectivity index (χ0v) is 12.5. The van der Waals surface area contributed by atoms with Gasteiger partial charge in [-0.15, -0.1) is 11.8 Å². The highest BCUT2D eigenvalue weighted by molar-refractivity contribution is 7.99. The average Bonchev–Trinajstić information content (AvgIpc) is 2.93. The van der Waals surface area contributed by atoms with Crippen LogP contribution in [-0.2, 0) is 11.3 Å². The summed E-state index contributed by atoms with van der Waals surface area (Å²) in [5.41, 5.74) is 0. The van der Waals surface area contributed by atoms with Crippen LogP contribution in [0.25, 0.3) is 0 Å². The number of amides is 1. The number of benzene rings is 1. The Kier molecular flexibility index (Phi) is 5.74. The highest BCUT2D eigenvalue weighted by atomic mass is 32.2. The van der Waals surface area contributed by atoms with Crippen LogP contribution in [0, 0.1) is 5.82 Å². The molecule has 21 heavy (non-hydrogen) atoms. The first-order chi connectivity index (χ1) is 10.1. The number of nitrogens with zero attached hydrogens (tertiary/aromatic N) is 3. The van der Waals surface area contributed by atoms with E-state index in [1.54, 1.807) is 23.1 Å². The monoisotopic (exact) mass is 308 g/mol. The topological polar surface area (TPSA) is 59.8 Å². The first-order valence-electron chi connectivity index (χ1n) is 6.63. The van der Waals surface area contributed by atoms with Crippen molar-refractivity contribution in [1.29, 1.82) is 0 Å². The lowest BCUT2D eigenvalue weighted by atomic mass is 10.3. The fourth-order valence-corrected chi connectivity index (χ4v) is 2.64. The van der Waals surface area contributed by atoms with Crippen LogP contribution in [-0.4, -0.2) is 32.5 Å². The van der Waals surface area contributed by atoms with Crippen molar-refractivity contribution in [3.63, 3.8) is 0 Å². The standard InChI is InChI=1S/C14H17FN4OS/c1-11(8-19-10-16-9-17-19)18-14(20)6-7-21-13-4-2-12(15)3-5-13/h2-5,9-11H,6-8H2,1H3,(H,18,20). The van der Waals surface area contributed by atoms with E-state index < -0.39 is 0 Å². The maximum Gasteiger partial charge on any atom is 0.221 e. The van der Waals surface area contributed by atoms with Crippen molar-refractivity contribution in [2.24, 2.45) is 0 Å². The number of thioether (sulfide) groups is 1. The Morgan fingerprint density at radius 1 is 1.43 bits per heavy atom. The van der Waals surface area contributed by atoms with E-state index in [4.69, 9.17) is 0 Å². The van der Waals surface area contributed by atoms with Crippen molar-refractivity contribution in [3.8, 4) is 0 Å². The van der Waals surface area contributed by atoms with Crippen LogP contribution < -0.4 is 5.32 Å². The summed E-state index contributed by atoms with van der Waals surface area (Å²) in [4.78, 5) is 16.6. The quantitative estimate of drug-likeness (QED) is 0.796. The second-order valence-electron chi connectivity index (χ2n) is 4.64. The molecule has 2 rings (SSSR count). The molecule has 0 saturated carbocycles. The highest BCUT2D eigenvalue weighted by Crippen LogP contribution is 2.18. The van der Waals surface area contributed by atoms with Gasteiger partial charge in [-0.25, -0.2) is 9.37 Å². The number of rotatable bonds is 7. The van der Waals surface area contributed by atoms with E-state index in [1.165, 1.54) is 30.2 Å². The van der Waals surface area contributed by atoms with Gasteiger partial charge in [-0.2, -0.15) is 5.10 Å². The van der Waals surface area contributed by atoms with E-state index in [1.807, 2.05) is 6.92 Å². The van der Waals surface area contributed by atoms with Gasteiger partial charge in [0.1, 0.15) is 18.5 Å². The molecule has 1 N–H and O–H groups in total. The third-order valence-corrected chi connectivity index (χ3v) is 3.76. The summed E-state index contributed by atoms with van der Waals surface area (Å²) in [7, 11) is 0. The number of carbonyl (C=O) groups excluding carboxylic acids is 1. The van der Waals surface area contributed by atoms with Gasteiger partial charge in [0.15, 0.2) is 0 Å². The lowest BCUT2D eigenvalue weighted by Gasteiger charge is -2.13. The van der Waals surface area contributed by atoms with Gasteiger partial charge >= 0.3 is 0 Å². The molecular formula is C14H17FN4OS. The molecule has 1 aromatic carbocycles. The number of hydrogen-bond acceptors (Lipinski definition) is 4. The molecule has 1 atom stereocenters. The van der Waals surface area contributed by atoms with Crippen molar-refractivity contribution in [1.82, 2.24) is 20.1 Å². The molecule has 7 heteroatoms. The van der Waals surface area contributed by atoms with E-state index in [2.05, 4.69) is 15.4 Å². The Morgan fingerprint density at radius 3 is 2.86 bits per heavy atom. The summed E-state index contributed by atoms with van der Waals surface area (Å²) in [5.74, 6) is 0.407. The molecule has 1 heterocycles. The summed E-state index contributed by atoms with van der Waals surface area (Å²) >= 11 is 1.53. The first-order valence-corrected chi connectivity index (χ1v) is 7.62. The molecule has 0 spiro atoms. The van der Waals surface area contributed by atoms with E-state index in [9.17, 15) is 9.18 Å². The fourth-order valence-electron chi connectivity index (χ4n) is 1.79. The Morgan fingerprint density at radius 2 is 2.19 bits per heavy atom. The Hall–Kier alpha value is -1.89. The Balaban J connectivity index is 1.66. The van der Waals surface area contributed by atoms with Crippen LogP contribution in [0.1, 0.15) is 13.3 Å². The number of carbonyl (C=O) groups is 1. The Labute approximate surface area is 127 Å². The van der Waals surface area contributed by atoms with Crippen molar-refractivity contribution < 1.29 is 9.18 Å². The number of nitrogens with one attached hydrogen (secondary N) is 1. The SMILES string of the molecule is CC(Cn1cncn1)NC(=O)CCSc1ccc(F)cc1. The van der Waals surface area contributed by atoms with Gasteiger partial charge in [-0.05, 0) is 31.2 Å². The second kappa shape index (κ2) is 7.78. The smallest absolute Gasteiger partial charge is 0.221 e. The van der Waals surface area contributed by atoms with Crippen LogP contribution >= 0.6 is 11.8 Å². The predicted octanol–water partition coefficient (Wildman–Crippen LogP) is 2.10. The highest BCUT2D eigenvalue weighted by Gasteiger charge is 2.08. The van der Waals surface area contributed by atoms with Gasteiger partial charge in [-0.3, -0.25) is 9.48 Å². The normalized spacial score (nSPS) is 12.1. The molecule has 5 nitrogen and oxygen atoms in total. The van der Waals surface area contributed by atoms with Gasteiger partial charge in [0.2, 0.25) is 5.91 Å². The second-order valence-corrected chi connectivity index (χ2v) is 5.81. The molecule has 0 fully saturated rings. The van der Waals surface area contributed by atoms with Crippen molar-refractivity contribution in [2.45, 2.75) is 30.8 Å². The van der Waals surface area contributed by atoms with Gasteiger partial charge in [0.25, 0.3) is 0 Å².